The monoisotopic (exact) mass is 223 g/mol. The minimum atomic E-state index is -0.629. The van der Waals surface area contributed by atoms with Crippen molar-refractivity contribution in [3.8, 4) is 0 Å². The number of hydrogen-bond donors (Lipinski definition) is 3. The number of benzene rings is 1. The van der Waals surface area contributed by atoms with Crippen molar-refractivity contribution in [2.75, 3.05) is 24.4 Å². The molecule has 0 radical (unpaired) electrons. The molecule has 0 aliphatic carbocycles. The van der Waals surface area contributed by atoms with Gasteiger partial charge in [-0.15, -0.1) is 0 Å². The summed E-state index contributed by atoms with van der Waals surface area (Å²) in [5.74, 6) is -0.238. The summed E-state index contributed by atoms with van der Waals surface area (Å²) in [5.41, 5.74) is 6.14. The second kappa shape index (κ2) is 5.72. The number of rotatable bonds is 4. The van der Waals surface area contributed by atoms with Crippen LogP contribution in [0.1, 0.15) is 0 Å². The van der Waals surface area contributed by atoms with Gasteiger partial charge in [0.2, 0.25) is 5.91 Å². The molecule has 0 atom stereocenters. The standard InChI is InChI=1S/C10H13N3O3/c1-16-6-9(14)12-7-2-4-8(5-3-7)13-10(11)15/h2-5H,6H2,1H3,(H,12,14)(H3,11,13,15). The molecule has 0 aliphatic heterocycles. The zero-order valence-corrected chi connectivity index (χ0v) is 8.82. The normalized spacial score (nSPS) is 9.56. The molecule has 3 amide bonds. The zero-order chi connectivity index (χ0) is 12.0. The SMILES string of the molecule is COCC(=O)Nc1ccc(NC(N)=O)cc1. The fraction of sp³-hybridized carbons (Fsp3) is 0.200. The molecule has 1 rings (SSSR count). The highest BCUT2D eigenvalue weighted by Gasteiger charge is 2.01. The predicted molar refractivity (Wildman–Crippen MR) is 60.2 cm³/mol. The highest BCUT2D eigenvalue weighted by Crippen LogP contribution is 2.13. The van der Waals surface area contributed by atoms with Crippen LogP contribution >= 0.6 is 0 Å². The number of amides is 3. The van der Waals surface area contributed by atoms with Crippen LogP contribution in [0.3, 0.4) is 0 Å². The van der Waals surface area contributed by atoms with E-state index in [0.29, 0.717) is 11.4 Å². The van der Waals surface area contributed by atoms with Gasteiger partial charge < -0.3 is 21.1 Å². The number of anilines is 2. The number of methoxy groups -OCH3 is 1. The third kappa shape index (κ3) is 3.97. The number of carbonyl (C=O) groups is 2. The second-order valence-corrected chi connectivity index (χ2v) is 3.05. The molecule has 86 valence electrons. The number of nitrogens with two attached hydrogens (primary N) is 1. The Balaban J connectivity index is 2.57. The maximum Gasteiger partial charge on any atom is 0.316 e. The van der Waals surface area contributed by atoms with E-state index in [1.54, 1.807) is 24.3 Å². The van der Waals surface area contributed by atoms with Gasteiger partial charge in [-0.05, 0) is 24.3 Å². The molecule has 0 heterocycles. The van der Waals surface area contributed by atoms with Crippen LogP contribution < -0.4 is 16.4 Å². The minimum Gasteiger partial charge on any atom is -0.375 e. The average molecular weight is 223 g/mol. The third-order valence-electron chi connectivity index (χ3n) is 1.71. The largest absolute Gasteiger partial charge is 0.375 e. The van der Waals surface area contributed by atoms with Gasteiger partial charge in [0.25, 0.3) is 0 Å². The number of ether oxygens (including phenoxy) is 1. The molecule has 6 heteroatoms. The molecule has 0 fully saturated rings. The van der Waals surface area contributed by atoms with E-state index in [-0.39, 0.29) is 12.5 Å². The van der Waals surface area contributed by atoms with E-state index >= 15 is 0 Å². The Morgan fingerprint density at radius 3 is 2.12 bits per heavy atom. The molecule has 0 saturated heterocycles. The van der Waals surface area contributed by atoms with E-state index in [9.17, 15) is 9.59 Å². The first-order chi connectivity index (χ1) is 7.61. The molecule has 0 aromatic heterocycles. The molecule has 6 nitrogen and oxygen atoms in total. The summed E-state index contributed by atoms with van der Waals surface area (Å²) >= 11 is 0. The summed E-state index contributed by atoms with van der Waals surface area (Å²) in [7, 11) is 1.44. The Kier molecular flexibility index (Phi) is 4.28. The van der Waals surface area contributed by atoms with Crippen molar-refractivity contribution in [2.24, 2.45) is 5.73 Å². The Morgan fingerprint density at radius 2 is 1.69 bits per heavy atom. The quantitative estimate of drug-likeness (QED) is 0.703. The fourth-order valence-corrected chi connectivity index (χ4v) is 1.11. The van der Waals surface area contributed by atoms with Crippen LogP contribution in [0, 0.1) is 0 Å². The van der Waals surface area contributed by atoms with E-state index in [4.69, 9.17) is 5.73 Å². The van der Waals surface area contributed by atoms with Crippen molar-refractivity contribution in [1.82, 2.24) is 0 Å². The van der Waals surface area contributed by atoms with Crippen molar-refractivity contribution >= 4 is 23.3 Å². The van der Waals surface area contributed by atoms with Gasteiger partial charge in [0.1, 0.15) is 6.61 Å². The Labute approximate surface area is 92.8 Å². The lowest BCUT2D eigenvalue weighted by Gasteiger charge is -2.06. The number of hydrogen-bond acceptors (Lipinski definition) is 3. The van der Waals surface area contributed by atoms with Crippen molar-refractivity contribution < 1.29 is 14.3 Å². The molecule has 0 saturated carbocycles. The Morgan fingerprint density at radius 1 is 1.19 bits per heavy atom. The van der Waals surface area contributed by atoms with Crippen LogP contribution in [0.4, 0.5) is 16.2 Å². The van der Waals surface area contributed by atoms with Crippen LogP contribution in [0.2, 0.25) is 0 Å². The second-order valence-electron chi connectivity index (χ2n) is 3.05. The summed E-state index contributed by atoms with van der Waals surface area (Å²) in [6, 6.07) is 5.94. The van der Waals surface area contributed by atoms with E-state index in [1.165, 1.54) is 7.11 Å². The van der Waals surface area contributed by atoms with Crippen molar-refractivity contribution in [1.29, 1.82) is 0 Å². The van der Waals surface area contributed by atoms with Crippen LogP contribution in [0.15, 0.2) is 24.3 Å². The van der Waals surface area contributed by atoms with E-state index in [2.05, 4.69) is 15.4 Å². The van der Waals surface area contributed by atoms with Crippen molar-refractivity contribution in [2.45, 2.75) is 0 Å². The molecule has 0 aliphatic rings. The lowest BCUT2D eigenvalue weighted by molar-refractivity contribution is -0.119. The highest BCUT2D eigenvalue weighted by molar-refractivity contribution is 5.92. The Bertz CT molecular complexity index is 375. The zero-order valence-electron chi connectivity index (χ0n) is 8.82. The maximum atomic E-state index is 11.1. The summed E-state index contributed by atoms with van der Waals surface area (Å²) in [5, 5.41) is 5.03. The van der Waals surface area contributed by atoms with Gasteiger partial charge in [-0.1, -0.05) is 0 Å². The third-order valence-corrected chi connectivity index (χ3v) is 1.71. The van der Waals surface area contributed by atoms with E-state index < -0.39 is 6.03 Å². The first-order valence-electron chi connectivity index (χ1n) is 4.57. The maximum absolute atomic E-state index is 11.1. The molecule has 1 aromatic rings. The first-order valence-corrected chi connectivity index (χ1v) is 4.57. The van der Waals surface area contributed by atoms with Gasteiger partial charge in [-0.3, -0.25) is 4.79 Å². The summed E-state index contributed by atoms with van der Waals surface area (Å²) in [6.45, 7) is 0.00128. The summed E-state index contributed by atoms with van der Waals surface area (Å²) in [4.78, 5) is 21.7. The van der Waals surface area contributed by atoms with E-state index in [1.807, 2.05) is 0 Å². The molecule has 0 spiro atoms. The van der Waals surface area contributed by atoms with Gasteiger partial charge >= 0.3 is 6.03 Å². The minimum absolute atomic E-state index is 0.00128. The number of nitrogens with one attached hydrogen (secondary N) is 2. The van der Waals surface area contributed by atoms with Crippen molar-refractivity contribution in [3.05, 3.63) is 24.3 Å². The van der Waals surface area contributed by atoms with Gasteiger partial charge in [-0.2, -0.15) is 0 Å². The Hall–Kier alpha value is -2.08. The van der Waals surface area contributed by atoms with Gasteiger partial charge in [0, 0.05) is 18.5 Å². The summed E-state index contributed by atoms with van der Waals surface area (Å²) in [6.07, 6.45) is 0. The summed E-state index contributed by atoms with van der Waals surface area (Å²) < 4.78 is 4.67. The highest BCUT2D eigenvalue weighted by atomic mass is 16.5. The van der Waals surface area contributed by atoms with Gasteiger partial charge in [-0.25, -0.2) is 4.79 Å². The fourth-order valence-electron chi connectivity index (χ4n) is 1.11. The van der Waals surface area contributed by atoms with E-state index in [0.717, 1.165) is 0 Å². The predicted octanol–water partition coefficient (Wildman–Crippen LogP) is 0.762. The van der Waals surface area contributed by atoms with Crippen LogP contribution in [0.5, 0.6) is 0 Å². The molecule has 16 heavy (non-hydrogen) atoms. The number of primary amides is 1. The van der Waals surface area contributed by atoms with Gasteiger partial charge in [0.15, 0.2) is 0 Å². The molecular weight excluding hydrogens is 210 g/mol. The van der Waals surface area contributed by atoms with Gasteiger partial charge in [0.05, 0.1) is 0 Å². The van der Waals surface area contributed by atoms with Crippen LogP contribution in [-0.2, 0) is 9.53 Å². The van der Waals surface area contributed by atoms with Crippen molar-refractivity contribution in [3.63, 3.8) is 0 Å². The molecular formula is C10H13N3O3. The van der Waals surface area contributed by atoms with Crippen LogP contribution in [-0.4, -0.2) is 25.7 Å². The average Bonchev–Trinajstić information content (AvgIpc) is 2.20. The molecule has 0 unspecified atom stereocenters. The number of urea groups is 1. The lowest BCUT2D eigenvalue weighted by Crippen LogP contribution is -2.19. The smallest absolute Gasteiger partial charge is 0.316 e. The van der Waals surface area contributed by atoms with Crippen LogP contribution in [0.25, 0.3) is 0 Å². The molecule has 0 bridgehead atoms. The lowest BCUT2D eigenvalue weighted by atomic mass is 10.3. The molecule has 4 N–H and O–H groups in total. The first kappa shape index (κ1) is 12.0. The molecule has 1 aromatic carbocycles. The topological polar surface area (TPSA) is 93.4 Å². The number of carbonyl (C=O) groups excluding carboxylic acids is 2.